The number of nitrogens with zero attached hydrogens (tertiary/aromatic N) is 4. The molecule has 0 aliphatic rings. The van der Waals surface area contributed by atoms with Crippen LogP contribution in [0.2, 0.25) is 0 Å². The van der Waals surface area contributed by atoms with Gasteiger partial charge in [0.1, 0.15) is 11.5 Å². The van der Waals surface area contributed by atoms with Gasteiger partial charge in [-0.25, -0.2) is 18.4 Å². The first-order valence-corrected chi connectivity index (χ1v) is 9.98. The van der Waals surface area contributed by atoms with Gasteiger partial charge in [-0.1, -0.05) is 12.1 Å². The fourth-order valence-electron chi connectivity index (χ4n) is 2.72. The Balaban J connectivity index is 1.77. The zero-order chi connectivity index (χ0) is 19.0. The lowest BCUT2D eigenvalue weighted by Crippen LogP contribution is -2.09. The Bertz CT molecular complexity index is 1230. The Morgan fingerprint density at radius 1 is 1.19 bits per heavy atom. The Kier molecular flexibility index (Phi) is 4.04. The maximum atomic E-state index is 11.5. The summed E-state index contributed by atoms with van der Waals surface area (Å²) in [5.41, 5.74) is 3.46. The predicted octanol–water partition coefficient (Wildman–Crippen LogP) is 2.54. The van der Waals surface area contributed by atoms with E-state index in [-0.39, 0.29) is 0 Å². The molecule has 0 atom stereocenters. The first-order chi connectivity index (χ1) is 12.9. The van der Waals surface area contributed by atoms with Gasteiger partial charge in [0, 0.05) is 35.8 Å². The number of imidazole rings is 1. The SMILES string of the molecule is Cc1cc(Nc2nc(-c3cccc(NS(C)(=O)=O)c3)cc3nccn23)[nH]n1. The molecule has 3 N–H and O–H groups in total. The van der Waals surface area contributed by atoms with Gasteiger partial charge in [-0.2, -0.15) is 5.10 Å². The molecule has 0 aliphatic carbocycles. The second kappa shape index (κ2) is 6.40. The maximum Gasteiger partial charge on any atom is 0.229 e. The number of sulfonamides is 1. The molecule has 3 aromatic heterocycles. The fourth-order valence-corrected chi connectivity index (χ4v) is 3.28. The average molecular weight is 383 g/mol. The fraction of sp³-hybridized carbons (Fsp3) is 0.118. The first kappa shape index (κ1) is 17.0. The third kappa shape index (κ3) is 3.75. The van der Waals surface area contributed by atoms with Gasteiger partial charge in [0.05, 0.1) is 17.6 Å². The Morgan fingerprint density at radius 2 is 2.04 bits per heavy atom. The van der Waals surface area contributed by atoms with E-state index in [9.17, 15) is 8.42 Å². The average Bonchev–Trinajstić information content (AvgIpc) is 3.22. The van der Waals surface area contributed by atoms with Crippen molar-refractivity contribution in [2.45, 2.75) is 6.92 Å². The Hall–Kier alpha value is -3.40. The van der Waals surface area contributed by atoms with E-state index in [1.165, 1.54) is 0 Å². The van der Waals surface area contributed by atoms with Crippen LogP contribution in [0, 0.1) is 6.92 Å². The molecule has 0 unspecified atom stereocenters. The minimum atomic E-state index is -3.36. The molecule has 0 radical (unpaired) electrons. The van der Waals surface area contributed by atoms with Crippen molar-refractivity contribution >= 4 is 33.1 Å². The first-order valence-electron chi connectivity index (χ1n) is 8.09. The Morgan fingerprint density at radius 3 is 2.78 bits per heavy atom. The van der Waals surface area contributed by atoms with E-state index in [4.69, 9.17) is 0 Å². The van der Waals surface area contributed by atoms with Crippen LogP contribution >= 0.6 is 0 Å². The van der Waals surface area contributed by atoms with Crippen LogP contribution in [0.5, 0.6) is 0 Å². The van der Waals surface area contributed by atoms with E-state index in [0.29, 0.717) is 28.8 Å². The van der Waals surface area contributed by atoms with Crippen molar-refractivity contribution in [3.63, 3.8) is 0 Å². The number of fused-ring (bicyclic) bond motifs is 1. The summed E-state index contributed by atoms with van der Waals surface area (Å²) in [5, 5.41) is 10.2. The lowest BCUT2D eigenvalue weighted by atomic mass is 10.1. The van der Waals surface area contributed by atoms with E-state index in [1.54, 1.807) is 30.6 Å². The second-order valence-corrected chi connectivity index (χ2v) is 7.87. The summed E-state index contributed by atoms with van der Waals surface area (Å²) in [7, 11) is -3.36. The van der Waals surface area contributed by atoms with Gasteiger partial charge in [0.15, 0.2) is 0 Å². The molecule has 138 valence electrons. The number of hydrogen-bond donors (Lipinski definition) is 3. The van der Waals surface area contributed by atoms with Gasteiger partial charge in [-0.3, -0.25) is 14.2 Å². The lowest BCUT2D eigenvalue weighted by Gasteiger charge is -2.10. The lowest BCUT2D eigenvalue weighted by molar-refractivity contribution is 0.607. The molecule has 9 nitrogen and oxygen atoms in total. The van der Waals surface area contributed by atoms with E-state index >= 15 is 0 Å². The molecule has 0 saturated carbocycles. The Labute approximate surface area is 155 Å². The molecule has 0 spiro atoms. The van der Waals surface area contributed by atoms with Crippen molar-refractivity contribution in [2.75, 3.05) is 16.3 Å². The van der Waals surface area contributed by atoms with Gasteiger partial charge >= 0.3 is 0 Å². The van der Waals surface area contributed by atoms with E-state index in [1.807, 2.05) is 29.5 Å². The van der Waals surface area contributed by atoms with Gasteiger partial charge in [-0.05, 0) is 19.1 Å². The molecule has 4 rings (SSSR count). The van der Waals surface area contributed by atoms with Crippen LogP contribution in [0.3, 0.4) is 0 Å². The molecule has 0 amide bonds. The topological polar surface area (TPSA) is 117 Å². The van der Waals surface area contributed by atoms with Gasteiger partial charge in [-0.15, -0.1) is 0 Å². The quantitative estimate of drug-likeness (QED) is 0.488. The van der Waals surface area contributed by atoms with Gasteiger partial charge in [0.2, 0.25) is 16.0 Å². The van der Waals surface area contributed by atoms with Gasteiger partial charge in [0.25, 0.3) is 0 Å². The van der Waals surface area contributed by atoms with Crippen molar-refractivity contribution in [1.29, 1.82) is 0 Å². The van der Waals surface area contributed by atoms with Gasteiger partial charge < -0.3 is 5.32 Å². The summed E-state index contributed by atoms with van der Waals surface area (Å²) in [6, 6.07) is 10.7. The van der Waals surface area contributed by atoms with Crippen LogP contribution < -0.4 is 10.0 Å². The highest BCUT2D eigenvalue weighted by molar-refractivity contribution is 7.92. The van der Waals surface area contributed by atoms with Crippen molar-refractivity contribution in [1.82, 2.24) is 24.6 Å². The molecule has 0 saturated heterocycles. The highest BCUT2D eigenvalue weighted by Crippen LogP contribution is 2.25. The van der Waals surface area contributed by atoms with Crippen molar-refractivity contribution in [3.8, 4) is 11.3 Å². The molecule has 0 aliphatic heterocycles. The number of aromatic amines is 1. The predicted molar refractivity (Wildman–Crippen MR) is 103 cm³/mol. The molecule has 3 heterocycles. The molecular weight excluding hydrogens is 366 g/mol. The smallest absolute Gasteiger partial charge is 0.229 e. The normalized spacial score (nSPS) is 11.6. The molecule has 0 fully saturated rings. The number of aryl methyl sites for hydroxylation is 1. The van der Waals surface area contributed by atoms with Crippen molar-refractivity contribution < 1.29 is 8.42 Å². The third-order valence-corrected chi connectivity index (χ3v) is 4.41. The number of nitrogens with one attached hydrogen (secondary N) is 3. The molecule has 4 aromatic rings. The van der Waals surface area contributed by atoms with E-state index in [2.05, 4.69) is 30.2 Å². The number of benzene rings is 1. The third-order valence-electron chi connectivity index (χ3n) is 3.80. The van der Waals surface area contributed by atoms with Crippen LogP contribution in [-0.4, -0.2) is 39.2 Å². The zero-order valence-corrected chi connectivity index (χ0v) is 15.4. The van der Waals surface area contributed by atoms with E-state index < -0.39 is 10.0 Å². The monoisotopic (exact) mass is 383 g/mol. The standard InChI is InChI=1S/C17H17N7O2S/c1-11-8-15(22-21-11)20-17-19-14(10-16-18-6-7-24(16)17)12-4-3-5-13(9-12)23-27(2,25)26/h3-10,23H,1-2H3,(H2,19,20,21,22). The van der Waals surface area contributed by atoms with Crippen molar-refractivity contribution in [3.05, 3.63) is 54.5 Å². The maximum absolute atomic E-state index is 11.5. The minimum Gasteiger partial charge on any atom is -0.310 e. The molecule has 27 heavy (non-hydrogen) atoms. The zero-order valence-electron chi connectivity index (χ0n) is 14.6. The molecule has 10 heteroatoms. The summed E-state index contributed by atoms with van der Waals surface area (Å²) in [5.74, 6) is 1.27. The van der Waals surface area contributed by atoms with Crippen LogP contribution in [0.1, 0.15) is 5.69 Å². The van der Waals surface area contributed by atoms with E-state index in [0.717, 1.165) is 17.5 Å². The summed E-state index contributed by atoms with van der Waals surface area (Å²) < 4.78 is 27.3. The molecule has 0 bridgehead atoms. The molecular formula is C17H17N7O2S. The largest absolute Gasteiger partial charge is 0.310 e. The highest BCUT2D eigenvalue weighted by atomic mass is 32.2. The van der Waals surface area contributed by atoms with Crippen molar-refractivity contribution in [2.24, 2.45) is 0 Å². The summed E-state index contributed by atoms with van der Waals surface area (Å²) in [4.78, 5) is 9.01. The van der Waals surface area contributed by atoms with Crippen LogP contribution in [0.15, 0.2) is 48.8 Å². The minimum absolute atomic E-state index is 0.471. The summed E-state index contributed by atoms with van der Waals surface area (Å²) in [6.45, 7) is 1.89. The number of rotatable bonds is 5. The molecule has 1 aromatic carbocycles. The second-order valence-electron chi connectivity index (χ2n) is 6.12. The number of aromatic nitrogens is 5. The number of anilines is 3. The van der Waals surface area contributed by atoms with Crippen LogP contribution in [0.4, 0.5) is 17.5 Å². The number of hydrogen-bond acceptors (Lipinski definition) is 6. The van der Waals surface area contributed by atoms with Crippen LogP contribution in [-0.2, 0) is 10.0 Å². The summed E-state index contributed by atoms with van der Waals surface area (Å²) >= 11 is 0. The number of H-pyrrole nitrogens is 1. The highest BCUT2D eigenvalue weighted by Gasteiger charge is 2.11. The summed E-state index contributed by atoms with van der Waals surface area (Å²) in [6.07, 6.45) is 4.61. The van der Waals surface area contributed by atoms with Crippen LogP contribution in [0.25, 0.3) is 16.9 Å².